The van der Waals surface area contributed by atoms with Crippen molar-refractivity contribution in [1.29, 1.82) is 0 Å². The molecule has 0 saturated carbocycles. The van der Waals surface area contributed by atoms with E-state index in [9.17, 15) is 9.18 Å². The Morgan fingerprint density at radius 1 is 1.44 bits per heavy atom. The van der Waals surface area contributed by atoms with Gasteiger partial charge in [0, 0.05) is 5.92 Å². The number of nitrogens with one attached hydrogen (secondary N) is 1. The van der Waals surface area contributed by atoms with Crippen LogP contribution in [0.15, 0.2) is 18.2 Å². The third-order valence-electron chi connectivity index (χ3n) is 3.22. The Morgan fingerprint density at radius 2 is 2.17 bits per heavy atom. The van der Waals surface area contributed by atoms with Crippen LogP contribution in [0.1, 0.15) is 30.1 Å². The Labute approximate surface area is 106 Å². The molecule has 1 aromatic carbocycles. The Bertz CT molecular complexity index is 428. The van der Waals surface area contributed by atoms with Crippen molar-refractivity contribution in [2.24, 2.45) is 5.92 Å². The van der Waals surface area contributed by atoms with Gasteiger partial charge in [-0.15, -0.1) is 0 Å². The number of ketones is 1. The summed E-state index contributed by atoms with van der Waals surface area (Å²) in [5, 5.41) is 3.21. The van der Waals surface area contributed by atoms with Gasteiger partial charge in [0.2, 0.25) is 0 Å². The molecule has 1 saturated heterocycles. The SMILES string of the molecule is CCOc1ccc(F)cc1C(=O)C1CCNCC1. The van der Waals surface area contributed by atoms with Crippen LogP contribution in [0.25, 0.3) is 0 Å². The van der Waals surface area contributed by atoms with Crippen LogP contribution >= 0.6 is 0 Å². The lowest BCUT2D eigenvalue weighted by Gasteiger charge is -2.22. The Kier molecular flexibility index (Phi) is 4.31. The van der Waals surface area contributed by atoms with Gasteiger partial charge in [-0.2, -0.15) is 0 Å². The third-order valence-corrected chi connectivity index (χ3v) is 3.22. The molecule has 1 aliphatic heterocycles. The molecule has 98 valence electrons. The minimum atomic E-state index is -0.393. The van der Waals surface area contributed by atoms with Gasteiger partial charge in [0.25, 0.3) is 0 Å². The minimum Gasteiger partial charge on any atom is -0.493 e. The second-order valence-electron chi connectivity index (χ2n) is 4.46. The van der Waals surface area contributed by atoms with E-state index < -0.39 is 5.82 Å². The molecular formula is C14H18FNO2. The van der Waals surface area contributed by atoms with Gasteiger partial charge in [0.1, 0.15) is 11.6 Å². The number of rotatable bonds is 4. The fraction of sp³-hybridized carbons (Fsp3) is 0.500. The summed E-state index contributed by atoms with van der Waals surface area (Å²) in [6, 6.07) is 4.15. The molecule has 2 rings (SSSR count). The molecule has 0 unspecified atom stereocenters. The molecule has 0 amide bonds. The summed E-state index contributed by atoms with van der Waals surface area (Å²) in [4.78, 5) is 12.4. The first-order chi connectivity index (χ1) is 8.72. The van der Waals surface area contributed by atoms with Gasteiger partial charge in [-0.1, -0.05) is 0 Å². The van der Waals surface area contributed by atoms with E-state index in [-0.39, 0.29) is 11.7 Å². The normalized spacial score (nSPS) is 16.6. The molecular weight excluding hydrogens is 233 g/mol. The van der Waals surface area contributed by atoms with Crippen LogP contribution < -0.4 is 10.1 Å². The van der Waals surface area contributed by atoms with E-state index in [1.807, 2.05) is 6.92 Å². The summed E-state index contributed by atoms with van der Waals surface area (Å²) in [5.41, 5.74) is 0.378. The van der Waals surface area contributed by atoms with Crippen LogP contribution in [0.3, 0.4) is 0 Å². The summed E-state index contributed by atoms with van der Waals surface area (Å²) in [6.07, 6.45) is 1.61. The molecule has 1 heterocycles. The van der Waals surface area contributed by atoms with Crippen LogP contribution in [0.4, 0.5) is 4.39 Å². The molecule has 3 nitrogen and oxygen atoms in total. The number of hydrogen-bond acceptors (Lipinski definition) is 3. The zero-order valence-electron chi connectivity index (χ0n) is 10.5. The number of piperidine rings is 1. The summed E-state index contributed by atoms with van der Waals surface area (Å²) in [5.74, 6) is 0.0740. The number of carbonyl (C=O) groups excluding carboxylic acids is 1. The highest BCUT2D eigenvalue weighted by Crippen LogP contribution is 2.26. The zero-order chi connectivity index (χ0) is 13.0. The van der Waals surface area contributed by atoms with Gasteiger partial charge in [-0.05, 0) is 51.1 Å². The number of halogens is 1. The maximum absolute atomic E-state index is 13.3. The number of Topliss-reactive ketones (excluding diaryl/α,β-unsaturated/α-hetero) is 1. The molecule has 0 bridgehead atoms. The second kappa shape index (κ2) is 5.96. The third kappa shape index (κ3) is 2.88. The van der Waals surface area contributed by atoms with Crippen LogP contribution in [-0.2, 0) is 0 Å². The smallest absolute Gasteiger partial charge is 0.169 e. The molecule has 0 radical (unpaired) electrons. The van der Waals surface area contributed by atoms with E-state index in [0.29, 0.717) is 17.9 Å². The molecule has 18 heavy (non-hydrogen) atoms. The first-order valence-electron chi connectivity index (χ1n) is 6.39. The van der Waals surface area contributed by atoms with Crippen molar-refractivity contribution >= 4 is 5.78 Å². The van der Waals surface area contributed by atoms with Crippen molar-refractivity contribution in [3.63, 3.8) is 0 Å². The summed E-state index contributed by atoms with van der Waals surface area (Å²) >= 11 is 0. The zero-order valence-corrected chi connectivity index (χ0v) is 10.5. The largest absolute Gasteiger partial charge is 0.493 e. The predicted molar refractivity (Wildman–Crippen MR) is 67.5 cm³/mol. The molecule has 0 spiro atoms. The average Bonchev–Trinajstić information content (AvgIpc) is 2.41. The monoisotopic (exact) mass is 251 g/mol. The second-order valence-corrected chi connectivity index (χ2v) is 4.46. The van der Waals surface area contributed by atoms with Gasteiger partial charge in [-0.25, -0.2) is 4.39 Å². The number of ether oxygens (including phenoxy) is 1. The summed E-state index contributed by atoms with van der Waals surface area (Å²) in [7, 11) is 0. The maximum atomic E-state index is 13.3. The maximum Gasteiger partial charge on any atom is 0.169 e. The summed E-state index contributed by atoms with van der Waals surface area (Å²) in [6.45, 7) is 4.01. The van der Waals surface area contributed by atoms with E-state index in [4.69, 9.17) is 4.74 Å². The van der Waals surface area contributed by atoms with Gasteiger partial charge < -0.3 is 10.1 Å². The highest BCUT2D eigenvalue weighted by atomic mass is 19.1. The molecule has 1 N–H and O–H groups in total. The van der Waals surface area contributed by atoms with E-state index in [1.165, 1.54) is 18.2 Å². The standard InChI is InChI=1S/C14H18FNO2/c1-2-18-13-4-3-11(15)9-12(13)14(17)10-5-7-16-8-6-10/h3-4,9-10,16H,2,5-8H2,1H3. The van der Waals surface area contributed by atoms with Crippen LogP contribution in [-0.4, -0.2) is 25.5 Å². The average molecular weight is 251 g/mol. The minimum absolute atomic E-state index is 0.000509. The van der Waals surface area contributed by atoms with Crippen molar-refractivity contribution in [3.05, 3.63) is 29.6 Å². The van der Waals surface area contributed by atoms with Crippen LogP contribution in [0.2, 0.25) is 0 Å². The quantitative estimate of drug-likeness (QED) is 0.835. The van der Waals surface area contributed by atoms with E-state index in [0.717, 1.165) is 25.9 Å². The predicted octanol–water partition coefficient (Wildman–Crippen LogP) is 2.41. The molecule has 1 aromatic rings. The van der Waals surface area contributed by atoms with E-state index in [2.05, 4.69) is 5.32 Å². The van der Waals surface area contributed by atoms with Gasteiger partial charge >= 0.3 is 0 Å². The molecule has 4 heteroatoms. The first-order valence-corrected chi connectivity index (χ1v) is 6.39. The summed E-state index contributed by atoms with van der Waals surface area (Å²) < 4.78 is 18.7. The van der Waals surface area contributed by atoms with Crippen molar-refractivity contribution in [2.75, 3.05) is 19.7 Å². The lowest BCUT2D eigenvalue weighted by atomic mass is 9.89. The van der Waals surface area contributed by atoms with Gasteiger partial charge in [-0.3, -0.25) is 4.79 Å². The van der Waals surface area contributed by atoms with E-state index >= 15 is 0 Å². The molecule has 0 atom stereocenters. The van der Waals surface area contributed by atoms with Crippen molar-refractivity contribution in [3.8, 4) is 5.75 Å². The van der Waals surface area contributed by atoms with Gasteiger partial charge in [0.05, 0.1) is 12.2 Å². The molecule has 1 aliphatic rings. The number of hydrogen-bond donors (Lipinski definition) is 1. The highest BCUT2D eigenvalue weighted by Gasteiger charge is 2.25. The Hall–Kier alpha value is -1.42. The fourth-order valence-corrected chi connectivity index (χ4v) is 2.28. The van der Waals surface area contributed by atoms with Crippen LogP contribution in [0.5, 0.6) is 5.75 Å². The van der Waals surface area contributed by atoms with Crippen molar-refractivity contribution in [1.82, 2.24) is 5.32 Å². The Balaban J connectivity index is 2.24. The van der Waals surface area contributed by atoms with Crippen molar-refractivity contribution < 1.29 is 13.9 Å². The molecule has 0 aliphatic carbocycles. The highest BCUT2D eigenvalue weighted by molar-refractivity contribution is 6.00. The van der Waals surface area contributed by atoms with Crippen molar-refractivity contribution in [2.45, 2.75) is 19.8 Å². The lowest BCUT2D eigenvalue weighted by Crippen LogP contribution is -2.32. The molecule has 0 aromatic heterocycles. The molecule has 1 fully saturated rings. The topological polar surface area (TPSA) is 38.3 Å². The van der Waals surface area contributed by atoms with Gasteiger partial charge in [0.15, 0.2) is 5.78 Å². The fourth-order valence-electron chi connectivity index (χ4n) is 2.28. The number of carbonyl (C=O) groups is 1. The van der Waals surface area contributed by atoms with E-state index in [1.54, 1.807) is 0 Å². The number of benzene rings is 1. The Morgan fingerprint density at radius 3 is 2.83 bits per heavy atom. The first kappa shape index (κ1) is 13.0. The van der Waals surface area contributed by atoms with Crippen LogP contribution in [0, 0.1) is 11.7 Å². The lowest BCUT2D eigenvalue weighted by molar-refractivity contribution is 0.0890.